The molecule has 0 spiro atoms. The van der Waals surface area contributed by atoms with Gasteiger partial charge in [-0.25, -0.2) is 0 Å². The maximum absolute atomic E-state index is 9.35. The van der Waals surface area contributed by atoms with Gasteiger partial charge in [0.05, 0.1) is 6.61 Å². The summed E-state index contributed by atoms with van der Waals surface area (Å²) in [5.41, 5.74) is -0.0703. The molecule has 0 aromatic carbocycles. The lowest BCUT2D eigenvalue weighted by Crippen LogP contribution is -2.46. The van der Waals surface area contributed by atoms with Gasteiger partial charge < -0.3 is 5.11 Å². The van der Waals surface area contributed by atoms with Crippen molar-refractivity contribution in [2.24, 2.45) is 11.8 Å². The molecular weight excluding hydrogens is 198 g/mol. The van der Waals surface area contributed by atoms with Crippen LogP contribution in [0.2, 0.25) is 0 Å². The molecule has 0 aromatic heterocycles. The van der Waals surface area contributed by atoms with Crippen molar-refractivity contribution in [3.05, 3.63) is 0 Å². The van der Waals surface area contributed by atoms with E-state index in [4.69, 9.17) is 0 Å². The van der Waals surface area contributed by atoms with E-state index in [2.05, 4.69) is 32.7 Å². The van der Waals surface area contributed by atoms with Crippen molar-refractivity contribution in [2.75, 3.05) is 20.2 Å². The summed E-state index contributed by atoms with van der Waals surface area (Å²) in [5, 5.41) is 9.35. The lowest BCUT2D eigenvalue weighted by atomic mass is 9.79. The van der Waals surface area contributed by atoms with E-state index in [0.717, 1.165) is 18.4 Å². The Hall–Kier alpha value is -0.0800. The maximum Gasteiger partial charge on any atom is 0.0609 e. The molecule has 96 valence electrons. The average molecular weight is 227 g/mol. The van der Waals surface area contributed by atoms with Crippen molar-refractivity contribution in [3.63, 3.8) is 0 Å². The van der Waals surface area contributed by atoms with Crippen LogP contribution in [0.25, 0.3) is 0 Å². The topological polar surface area (TPSA) is 23.5 Å². The van der Waals surface area contributed by atoms with Crippen LogP contribution >= 0.6 is 0 Å². The zero-order valence-electron chi connectivity index (χ0n) is 11.5. The second-order valence-corrected chi connectivity index (χ2v) is 6.16. The number of hydrogen-bond acceptors (Lipinski definition) is 2. The van der Waals surface area contributed by atoms with Gasteiger partial charge in [0.2, 0.25) is 0 Å². The molecule has 0 bridgehead atoms. The van der Waals surface area contributed by atoms with Gasteiger partial charge in [-0.1, -0.05) is 26.2 Å². The van der Waals surface area contributed by atoms with Crippen LogP contribution in [-0.2, 0) is 0 Å². The molecule has 2 heteroatoms. The molecule has 1 aliphatic carbocycles. The molecule has 16 heavy (non-hydrogen) atoms. The highest BCUT2D eigenvalue weighted by Crippen LogP contribution is 2.32. The predicted molar refractivity (Wildman–Crippen MR) is 69.5 cm³/mol. The van der Waals surface area contributed by atoms with Crippen LogP contribution in [0.4, 0.5) is 0 Å². The van der Waals surface area contributed by atoms with E-state index in [1.807, 2.05) is 0 Å². The molecule has 0 aromatic rings. The molecule has 0 saturated heterocycles. The lowest BCUT2D eigenvalue weighted by molar-refractivity contribution is 0.0562. The number of aliphatic hydroxyl groups excluding tert-OH is 1. The fourth-order valence-corrected chi connectivity index (χ4v) is 2.69. The molecule has 0 aliphatic heterocycles. The quantitative estimate of drug-likeness (QED) is 0.780. The normalized spacial score (nSPS) is 27.4. The van der Waals surface area contributed by atoms with Crippen molar-refractivity contribution in [3.8, 4) is 0 Å². The summed E-state index contributed by atoms with van der Waals surface area (Å²) in [4.78, 5) is 2.33. The summed E-state index contributed by atoms with van der Waals surface area (Å²) < 4.78 is 0. The van der Waals surface area contributed by atoms with E-state index >= 15 is 0 Å². The first-order valence-corrected chi connectivity index (χ1v) is 6.81. The van der Waals surface area contributed by atoms with Crippen LogP contribution in [0.1, 0.15) is 52.9 Å². The number of likely N-dealkylation sites (N-methyl/N-ethyl adjacent to an activating group) is 1. The maximum atomic E-state index is 9.35. The van der Waals surface area contributed by atoms with Crippen LogP contribution < -0.4 is 0 Å². The summed E-state index contributed by atoms with van der Waals surface area (Å²) in [5.74, 6) is 1.79. The fourth-order valence-electron chi connectivity index (χ4n) is 2.69. The van der Waals surface area contributed by atoms with Gasteiger partial charge in [-0.05, 0) is 45.6 Å². The Morgan fingerprint density at radius 3 is 2.44 bits per heavy atom. The van der Waals surface area contributed by atoms with Gasteiger partial charge >= 0.3 is 0 Å². The molecule has 2 unspecified atom stereocenters. The summed E-state index contributed by atoms with van der Waals surface area (Å²) in [6, 6.07) is 0. The molecule has 0 radical (unpaired) electrons. The predicted octanol–water partition coefficient (Wildman–Crippen LogP) is 2.91. The molecule has 1 saturated carbocycles. The van der Waals surface area contributed by atoms with Crippen LogP contribution in [0.3, 0.4) is 0 Å². The standard InChI is InChI=1S/C14H29NO/c1-5-12-7-6-8-13(9-12)10-15(4)14(2,3)11-16/h12-13,16H,5-11H2,1-4H3. The van der Waals surface area contributed by atoms with Gasteiger partial charge in [-0.2, -0.15) is 0 Å². The Balaban J connectivity index is 2.41. The highest BCUT2D eigenvalue weighted by molar-refractivity contribution is 4.82. The minimum Gasteiger partial charge on any atom is -0.394 e. The fraction of sp³-hybridized carbons (Fsp3) is 1.00. The average Bonchev–Trinajstić information content (AvgIpc) is 2.29. The largest absolute Gasteiger partial charge is 0.394 e. The van der Waals surface area contributed by atoms with Crippen LogP contribution in [0.15, 0.2) is 0 Å². The van der Waals surface area contributed by atoms with Crippen LogP contribution in [-0.4, -0.2) is 35.7 Å². The van der Waals surface area contributed by atoms with Gasteiger partial charge in [0.1, 0.15) is 0 Å². The van der Waals surface area contributed by atoms with Crippen molar-refractivity contribution in [1.29, 1.82) is 0 Å². The molecule has 0 amide bonds. The Morgan fingerprint density at radius 2 is 1.88 bits per heavy atom. The summed E-state index contributed by atoms with van der Waals surface area (Å²) in [7, 11) is 2.14. The zero-order chi connectivity index (χ0) is 12.2. The van der Waals surface area contributed by atoms with Gasteiger partial charge in [-0.3, -0.25) is 4.90 Å². The highest BCUT2D eigenvalue weighted by atomic mass is 16.3. The Kier molecular flexibility index (Phi) is 5.26. The van der Waals surface area contributed by atoms with Gasteiger partial charge in [0.25, 0.3) is 0 Å². The first-order chi connectivity index (χ1) is 7.49. The molecular formula is C14H29NO. The molecule has 2 nitrogen and oxygen atoms in total. The van der Waals surface area contributed by atoms with Gasteiger partial charge in [0, 0.05) is 12.1 Å². The minimum atomic E-state index is -0.0703. The molecule has 1 N–H and O–H groups in total. The second-order valence-electron chi connectivity index (χ2n) is 6.16. The van der Waals surface area contributed by atoms with Crippen molar-refractivity contribution < 1.29 is 5.11 Å². The van der Waals surface area contributed by atoms with Crippen molar-refractivity contribution in [2.45, 2.75) is 58.4 Å². The zero-order valence-corrected chi connectivity index (χ0v) is 11.5. The van der Waals surface area contributed by atoms with Gasteiger partial charge in [0.15, 0.2) is 0 Å². The first kappa shape index (κ1) is 14.0. The Bertz CT molecular complexity index is 203. The summed E-state index contributed by atoms with van der Waals surface area (Å²) in [6.45, 7) is 7.94. The van der Waals surface area contributed by atoms with E-state index in [0.29, 0.717) is 0 Å². The molecule has 1 fully saturated rings. The minimum absolute atomic E-state index is 0.0703. The van der Waals surface area contributed by atoms with E-state index in [9.17, 15) is 5.11 Å². The number of rotatable bonds is 5. The number of nitrogens with zero attached hydrogens (tertiary/aromatic N) is 1. The van der Waals surface area contributed by atoms with E-state index in [-0.39, 0.29) is 12.1 Å². The molecule has 2 atom stereocenters. The Labute approximate surface area is 101 Å². The third-order valence-corrected chi connectivity index (χ3v) is 4.42. The lowest BCUT2D eigenvalue weighted by Gasteiger charge is -2.38. The van der Waals surface area contributed by atoms with E-state index in [1.165, 1.54) is 32.1 Å². The van der Waals surface area contributed by atoms with E-state index < -0.39 is 0 Å². The SMILES string of the molecule is CCC1CCCC(CN(C)C(C)(C)CO)C1. The molecule has 0 heterocycles. The third-order valence-electron chi connectivity index (χ3n) is 4.42. The van der Waals surface area contributed by atoms with Crippen molar-refractivity contribution in [1.82, 2.24) is 4.90 Å². The molecule has 1 rings (SSSR count). The number of hydrogen-bond donors (Lipinski definition) is 1. The van der Waals surface area contributed by atoms with Crippen LogP contribution in [0.5, 0.6) is 0 Å². The second kappa shape index (κ2) is 6.02. The summed E-state index contributed by atoms with van der Waals surface area (Å²) >= 11 is 0. The summed E-state index contributed by atoms with van der Waals surface area (Å²) in [6.07, 6.45) is 6.94. The van der Waals surface area contributed by atoms with Crippen molar-refractivity contribution >= 4 is 0 Å². The highest BCUT2D eigenvalue weighted by Gasteiger charge is 2.27. The number of aliphatic hydroxyl groups is 1. The van der Waals surface area contributed by atoms with E-state index in [1.54, 1.807) is 0 Å². The van der Waals surface area contributed by atoms with Gasteiger partial charge in [-0.15, -0.1) is 0 Å². The van der Waals surface area contributed by atoms with Crippen LogP contribution in [0, 0.1) is 11.8 Å². The first-order valence-electron chi connectivity index (χ1n) is 6.81. The third kappa shape index (κ3) is 3.74. The smallest absolute Gasteiger partial charge is 0.0609 e. The monoisotopic (exact) mass is 227 g/mol. The molecule has 1 aliphatic rings. The Morgan fingerprint density at radius 1 is 1.25 bits per heavy atom.